The van der Waals surface area contributed by atoms with E-state index in [1.54, 1.807) is 0 Å². The maximum absolute atomic E-state index is 11.9. The molecular weight excluding hydrogens is 394 g/mol. The molecule has 0 amide bonds. The van der Waals surface area contributed by atoms with Crippen LogP contribution in [0, 0.1) is 40.4 Å². The maximum Gasteiger partial charge on any atom is 0.348 e. The molecule has 2 N–H and O–H groups in total. The molecule has 0 aromatic carbocycles. The number of carboxylic acid groups (broad SMARTS) is 1. The summed E-state index contributed by atoms with van der Waals surface area (Å²) in [6, 6.07) is 0. The van der Waals surface area contributed by atoms with Gasteiger partial charge in [-0.3, -0.25) is 4.79 Å². The Morgan fingerprint density at radius 2 is 1.90 bits per heavy atom. The Morgan fingerprint density at radius 3 is 2.61 bits per heavy atom. The first-order chi connectivity index (χ1) is 14.6. The van der Waals surface area contributed by atoms with Gasteiger partial charge in [0.15, 0.2) is 5.92 Å². The number of carboxylic acids is 1. The Balaban J connectivity index is 1.51. The first kappa shape index (κ1) is 22.5. The monoisotopic (exact) mass is 431 g/mol. The Labute approximate surface area is 185 Å². The second-order valence-electron chi connectivity index (χ2n) is 11.0. The van der Waals surface area contributed by atoms with Crippen molar-refractivity contribution in [2.45, 2.75) is 85.2 Å². The lowest BCUT2D eigenvalue weighted by atomic mass is 9.47. The van der Waals surface area contributed by atoms with Crippen LogP contribution < -0.4 is 0 Å². The third kappa shape index (κ3) is 3.65. The molecule has 0 bridgehead atoms. The van der Waals surface area contributed by atoms with Crippen LogP contribution in [0.25, 0.3) is 0 Å². The number of oxime groups is 1. The van der Waals surface area contributed by atoms with Gasteiger partial charge in [-0.2, -0.15) is 0 Å². The van der Waals surface area contributed by atoms with Crippen molar-refractivity contribution in [1.82, 2.24) is 0 Å². The highest BCUT2D eigenvalue weighted by Gasteiger charge is 2.59. The summed E-state index contributed by atoms with van der Waals surface area (Å²) in [6.45, 7) is 8.07. The molecule has 172 valence electrons. The van der Waals surface area contributed by atoms with Crippen LogP contribution >= 0.6 is 0 Å². The minimum Gasteiger partial charge on any atom is -0.481 e. The van der Waals surface area contributed by atoms with Gasteiger partial charge in [0.1, 0.15) is 0 Å². The molecule has 0 saturated heterocycles. The zero-order valence-electron chi connectivity index (χ0n) is 19.3. The molecule has 0 unspecified atom stereocenters. The molecule has 0 aromatic heterocycles. The summed E-state index contributed by atoms with van der Waals surface area (Å²) in [5.74, 6) is -0.991. The van der Waals surface area contributed by atoms with Gasteiger partial charge in [0.2, 0.25) is 0 Å². The molecule has 3 fully saturated rings. The third-order valence-corrected chi connectivity index (χ3v) is 9.59. The quantitative estimate of drug-likeness (QED) is 0.224. The largest absolute Gasteiger partial charge is 0.481 e. The van der Waals surface area contributed by atoms with Crippen LogP contribution in [-0.4, -0.2) is 34.0 Å². The van der Waals surface area contributed by atoms with Gasteiger partial charge in [-0.05, 0) is 93.8 Å². The number of hydrogen-bond donors (Lipinski definition) is 2. The van der Waals surface area contributed by atoms with Gasteiger partial charge in [-0.15, -0.1) is 0 Å². The van der Waals surface area contributed by atoms with Gasteiger partial charge in [-0.1, -0.05) is 30.7 Å². The highest BCUT2D eigenvalue weighted by molar-refractivity contribution is 5.94. The number of aliphatic hydroxyl groups is 1. The average molecular weight is 432 g/mol. The summed E-state index contributed by atoms with van der Waals surface area (Å²) < 4.78 is 0. The van der Waals surface area contributed by atoms with Crippen molar-refractivity contribution in [1.29, 1.82) is 0 Å². The summed E-state index contributed by atoms with van der Waals surface area (Å²) >= 11 is 0. The standard InChI is InChI=1S/C25H37NO5/c1-14(22(28)29)23(30)31-26-15(2)19-7-8-20-18-6-5-16-13-17(27)9-11-24(16,3)21(18)10-12-25(19,20)4/h5,14,17-21,27H,6-13H2,1-4H3,(H,28,29)/b26-15+/t14-,17+,18+,19-,20+,21+,24+,25-/m1/s1. The lowest BCUT2D eigenvalue weighted by Gasteiger charge is -2.58. The predicted molar refractivity (Wildman–Crippen MR) is 117 cm³/mol. The lowest BCUT2D eigenvalue weighted by Crippen LogP contribution is -2.50. The minimum absolute atomic E-state index is 0.134. The zero-order valence-corrected chi connectivity index (χ0v) is 19.3. The third-order valence-electron chi connectivity index (χ3n) is 9.59. The zero-order chi connectivity index (χ0) is 22.6. The smallest absolute Gasteiger partial charge is 0.348 e. The van der Waals surface area contributed by atoms with E-state index in [1.807, 2.05) is 6.92 Å². The van der Waals surface area contributed by atoms with Crippen molar-refractivity contribution in [3.8, 4) is 0 Å². The molecule has 6 nitrogen and oxygen atoms in total. The molecule has 31 heavy (non-hydrogen) atoms. The number of allylic oxidation sites excluding steroid dienone is 1. The van der Waals surface area contributed by atoms with E-state index in [-0.39, 0.29) is 22.9 Å². The number of nitrogens with zero attached hydrogens (tertiary/aromatic N) is 1. The fourth-order valence-electron chi connectivity index (χ4n) is 7.69. The van der Waals surface area contributed by atoms with E-state index in [0.717, 1.165) is 50.7 Å². The summed E-state index contributed by atoms with van der Waals surface area (Å²) in [5.41, 5.74) is 2.67. The van der Waals surface area contributed by atoms with Gasteiger partial charge < -0.3 is 15.1 Å². The molecule has 4 rings (SSSR count). The summed E-state index contributed by atoms with van der Waals surface area (Å²) in [4.78, 5) is 27.9. The van der Waals surface area contributed by atoms with Crippen molar-refractivity contribution in [3.63, 3.8) is 0 Å². The number of rotatable bonds is 4. The Hall–Kier alpha value is -1.69. The lowest BCUT2D eigenvalue weighted by molar-refractivity contribution is -0.157. The highest BCUT2D eigenvalue weighted by Crippen LogP contribution is 2.66. The van der Waals surface area contributed by atoms with Gasteiger partial charge in [0.25, 0.3) is 0 Å². The fourth-order valence-corrected chi connectivity index (χ4v) is 7.69. The molecule has 0 aliphatic heterocycles. The van der Waals surface area contributed by atoms with E-state index in [4.69, 9.17) is 9.94 Å². The number of carbonyl (C=O) groups is 2. The number of fused-ring (bicyclic) bond motifs is 5. The molecule has 0 radical (unpaired) electrons. The van der Waals surface area contributed by atoms with Gasteiger partial charge in [0.05, 0.1) is 11.8 Å². The molecule has 0 spiro atoms. The number of carbonyl (C=O) groups excluding carboxylic acids is 1. The van der Waals surface area contributed by atoms with E-state index < -0.39 is 17.9 Å². The van der Waals surface area contributed by atoms with Crippen molar-refractivity contribution in [3.05, 3.63) is 11.6 Å². The van der Waals surface area contributed by atoms with Crippen molar-refractivity contribution >= 4 is 17.7 Å². The van der Waals surface area contributed by atoms with Crippen LogP contribution in [0.1, 0.15) is 79.1 Å². The van der Waals surface area contributed by atoms with E-state index in [0.29, 0.717) is 17.8 Å². The Bertz CT molecular complexity index is 819. The van der Waals surface area contributed by atoms with E-state index in [9.17, 15) is 14.7 Å². The minimum atomic E-state index is -1.21. The SMILES string of the molecule is C/C(=N\OC(=O)[C@H](C)C(=O)O)[C@H]1CC[C@H]2[C@@H]3CC=C4C[C@@H](O)CC[C@]4(C)[C@H]3CC[C@]12C. The summed E-state index contributed by atoms with van der Waals surface area (Å²) in [7, 11) is 0. The fraction of sp³-hybridized carbons (Fsp3) is 0.800. The average Bonchev–Trinajstić information content (AvgIpc) is 3.09. The molecule has 8 atom stereocenters. The van der Waals surface area contributed by atoms with Crippen LogP contribution in [0.5, 0.6) is 0 Å². The van der Waals surface area contributed by atoms with Gasteiger partial charge in [-0.25, -0.2) is 4.79 Å². The van der Waals surface area contributed by atoms with Crippen molar-refractivity contribution < 1.29 is 24.6 Å². The van der Waals surface area contributed by atoms with Gasteiger partial charge >= 0.3 is 11.9 Å². The van der Waals surface area contributed by atoms with Gasteiger partial charge in [0, 0.05) is 5.92 Å². The molecule has 4 aliphatic rings. The second-order valence-corrected chi connectivity index (χ2v) is 11.0. The van der Waals surface area contributed by atoms with Crippen LogP contribution in [0.3, 0.4) is 0 Å². The predicted octanol–water partition coefficient (Wildman–Crippen LogP) is 4.57. The molecule has 0 aromatic rings. The van der Waals surface area contributed by atoms with E-state index >= 15 is 0 Å². The number of aliphatic carboxylic acids is 1. The summed E-state index contributed by atoms with van der Waals surface area (Å²) in [6.07, 6.45) is 10.8. The Morgan fingerprint density at radius 1 is 1.16 bits per heavy atom. The highest BCUT2D eigenvalue weighted by atomic mass is 16.7. The second kappa shape index (κ2) is 8.02. The number of aliphatic hydroxyl groups excluding tert-OH is 1. The van der Waals surface area contributed by atoms with Crippen molar-refractivity contribution in [2.75, 3.05) is 0 Å². The molecule has 4 aliphatic carbocycles. The normalized spacial score (nSPS) is 43.2. The summed E-state index contributed by atoms with van der Waals surface area (Å²) in [5, 5.41) is 23.3. The van der Waals surface area contributed by atoms with Crippen LogP contribution in [-0.2, 0) is 14.4 Å². The van der Waals surface area contributed by atoms with Crippen molar-refractivity contribution in [2.24, 2.45) is 45.6 Å². The molecular formula is C25H37NO5. The van der Waals surface area contributed by atoms with E-state index in [2.05, 4.69) is 25.1 Å². The Kier molecular flexibility index (Phi) is 5.82. The van der Waals surface area contributed by atoms with Crippen LogP contribution in [0.2, 0.25) is 0 Å². The first-order valence-electron chi connectivity index (χ1n) is 11.9. The topological polar surface area (TPSA) is 96.2 Å². The van der Waals surface area contributed by atoms with Crippen LogP contribution in [0.15, 0.2) is 16.8 Å². The molecule has 6 heteroatoms. The molecule has 0 heterocycles. The van der Waals surface area contributed by atoms with E-state index in [1.165, 1.54) is 18.9 Å². The maximum atomic E-state index is 11.9. The number of hydrogen-bond acceptors (Lipinski definition) is 5. The van der Waals surface area contributed by atoms with Crippen LogP contribution in [0.4, 0.5) is 0 Å². The first-order valence-corrected chi connectivity index (χ1v) is 11.9. The molecule has 3 saturated carbocycles.